The lowest BCUT2D eigenvalue weighted by atomic mass is 9.66. The summed E-state index contributed by atoms with van der Waals surface area (Å²) in [5.41, 5.74) is -1.28. The van der Waals surface area contributed by atoms with E-state index in [1.165, 1.54) is 0 Å². The first kappa shape index (κ1) is 29.8. The smallest absolute Gasteiger partial charge is 0.245 e. The van der Waals surface area contributed by atoms with Crippen LogP contribution in [0.4, 0.5) is 5.69 Å². The average Bonchev–Trinajstić information content (AvgIpc) is 3.53. The molecule has 0 aliphatic carbocycles. The van der Waals surface area contributed by atoms with Crippen LogP contribution in [-0.4, -0.2) is 109 Å². The van der Waals surface area contributed by atoms with E-state index in [9.17, 15) is 19.5 Å². The summed E-state index contributed by atoms with van der Waals surface area (Å²) >= 11 is 0. The van der Waals surface area contributed by atoms with Crippen molar-refractivity contribution >= 4 is 23.4 Å². The molecular weight excluding hydrogens is 528 g/mol. The van der Waals surface area contributed by atoms with Crippen LogP contribution in [0, 0.1) is 11.8 Å². The molecule has 2 unspecified atom stereocenters. The SMILES string of the molecule is CCOc1ccc(NC(=O)[C@H]2[C@H]3C(=O)N(CCCCCO)C(C(=O)NCCN4CCOCC4)C34CC[C@]2(C)O4)cc1. The molecule has 4 aliphatic heterocycles. The molecule has 11 nitrogen and oxygen atoms in total. The van der Waals surface area contributed by atoms with Gasteiger partial charge in [-0.25, -0.2) is 0 Å². The first-order valence-electron chi connectivity index (χ1n) is 15.1. The Balaban J connectivity index is 1.35. The van der Waals surface area contributed by atoms with Crippen molar-refractivity contribution in [2.45, 2.75) is 63.2 Å². The lowest BCUT2D eigenvalue weighted by Gasteiger charge is -2.34. The van der Waals surface area contributed by atoms with Gasteiger partial charge in [0.15, 0.2) is 0 Å². The van der Waals surface area contributed by atoms with E-state index in [4.69, 9.17) is 14.2 Å². The van der Waals surface area contributed by atoms with Crippen LogP contribution in [0.5, 0.6) is 5.75 Å². The van der Waals surface area contributed by atoms with E-state index in [1.54, 1.807) is 29.2 Å². The Hall–Kier alpha value is -2.73. The molecule has 1 aromatic rings. The number of fused-ring (bicyclic) bond motifs is 1. The second kappa shape index (κ2) is 12.6. The number of unbranched alkanes of at least 4 members (excludes halogenated alkanes) is 2. The van der Waals surface area contributed by atoms with Gasteiger partial charge >= 0.3 is 0 Å². The highest BCUT2D eigenvalue weighted by molar-refractivity contribution is 6.02. The molecule has 3 N–H and O–H groups in total. The van der Waals surface area contributed by atoms with E-state index in [1.807, 2.05) is 13.8 Å². The molecule has 0 saturated carbocycles. The topological polar surface area (TPSA) is 130 Å². The summed E-state index contributed by atoms with van der Waals surface area (Å²) < 4.78 is 17.6. The third-order valence-corrected chi connectivity index (χ3v) is 9.13. The van der Waals surface area contributed by atoms with Gasteiger partial charge < -0.3 is 34.9 Å². The van der Waals surface area contributed by atoms with Gasteiger partial charge in [0, 0.05) is 45.0 Å². The van der Waals surface area contributed by atoms with Crippen LogP contribution in [0.25, 0.3) is 0 Å². The number of aliphatic hydroxyl groups excluding tert-OH is 1. The van der Waals surface area contributed by atoms with Crippen LogP contribution in [0.1, 0.15) is 46.0 Å². The van der Waals surface area contributed by atoms with Gasteiger partial charge in [-0.3, -0.25) is 19.3 Å². The minimum absolute atomic E-state index is 0.0845. The third-order valence-electron chi connectivity index (χ3n) is 9.13. The predicted octanol–water partition coefficient (Wildman–Crippen LogP) is 1.40. The molecule has 1 spiro atoms. The molecular formula is C30H44N4O7. The number of amides is 3. The van der Waals surface area contributed by atoms with Gasteiger partial charge in [-0.15, -0.1) is 0 Å². The summed E-state index contributed by atoms with van der Waals surface area (Å²) in [4.78, 5) is 45.6. The largest absolute Gasteiger partial charge is 0.494 e. The van der Waals surface area contributed by atoms with Crippen molar-refractivity contribution in [1.29, 1.82) is 0 Å². The van der Waals surface area contributed by atoms with E-state index in [-0.39, 0.29) is 24.3 Å². The number of ether oxygens (including phenoxy) is 3. The number of hydrogen-bond acceptors (Lipinski definition) is 8. The molecule has 5 atom stereocenters. The van der Waals surface area contributed by atoms with Crippen molar-refractivity contribution in [3.8, 4) is 5.75 Å². The molecule has 4 heterocycles. The number of likely N-dealkylation sites (tertiary alicyclic amines) is 1. The van der Waals surface area contributed by atoms with Gasteiger partial charge in [0.25, 0.3) is 0 Å². The Bertz CT molecular complexity index is 1090. The zero-order chi connectivity index (χ0) is 29.0. The second-order valence-electron chi connectivity index (χ2n) is 11.7. The van der Waals surface area contributed by atoms with E-state index < -0.39 is 29.1 Å². The molecule has 0 aromatic heterocycles. The van der Waals surface area contributed by atoms with Gasteiger partial charge in [0.1, 0.15) is 17.4 Å². The Labute approximate surface area is 241 Å². The predicted molar refractivity (Wildman–Crippen MR) is 151 cm³/mol. The van der Waals surface area contributed by atoms with Crippen LogP contribution in [0.3, 0.4) is 0 Å². The maximum Gasteiger partial charge on any atom is 0.245 e. The summed E-state index contributed by atoms with van der Waals surface area (Å²) in [6.07, 6.45) is 3.17. The molecule has 4 aliphatic rings. The quantitative estimate of drug-likeness (QED) is 0.303. The molecule has 1 aromatic carbocycles. The lowest BCUT2D eigenvalue weighted by Crippen LogP contribution is -2.56. The highest BCUT2D eigenvalue weighted by Gasteiger charge is 2.77. The fraction of sp³-hybridized carbons (Fsp3) is 0.700. The lowest BCUT2D eigenvalue weighted by molar-refractivity contribution is -0.145. The highest BCUT2D eigenvalue weighted by Crippen LogP contribution is 2.63. The highest BCUT2D eigenvalue weighted by atomic mass is 16.5. The monoisotopic (exact) mass is 572 g/mol. The number of rotatable bonds is 13. The third kappa shape index (κ3) is 5.82. The van der Waals surface area contributed by atoms with E-state index in [2.05, 4.69) is 15.5 Å². The van der Waals surface area contributed by atoms with Crippen molar-refractivity contribution in [1.82, 2.24) is 15.1 Å². The molecule has 3 amide bonds. The Kier molecular flexibility index (Phi) is 9.18. The Morgan fingerprint density at radius 1 is 1.07 bits per heavy atom. The summed E-state index contributed by atoms with van der Waals surface area (Å²) in [5.74, 6) is -1.45. The van der Waals surface area contributed by atoms with Crippen LogP contribution < -0.4 is 15.4 Å². The Morgan fingerprint density at radius 3 is 2.54 bits per heavy atom. The fourth-order valence-electron chi connectivity index (χ4n) is 7.22. The van der Waals surface area contributed by atoms with Crippen molar-refractivity contribution in [3.05, 3.63) is 24.3 Å². The van der Waals surface area contributed by atoms with Crippen molar-refractivity contribution in [2.75, 3.05) is 64.5 Å². The fourth-order valence-corrected chi connectivity index (χ4v) is 7.22. The van der Waals surface area contributed by atoms with E-state index in [0.29, 0.717) is 76.6 Å². The number of anilines is 1. The average molecular weight is 573 g/mol. The maximum atomic E-state index is 14.1. The molecule has 2 bridgehead atoms. The molecule has 4 fully saturated rings. The summed E-state index contributed by atoms with van der Waals surface area (Å²) in [6.45, 7) is 9.01. The summed E-state index contributed by atoms with van der Waals surface area (Å²) in [6, 6.07) is 6.36. The van der Waals surface area contributed by atoms with Crippen LogP contribution >= 0.6 is 0 Å². The number of nitrogens with zero attached hydrogens (tertiary/aromatic N) is 2. The first-order valence-corrected chi connectivity index (χ1v) is 15.1. The number of carbonyl (C=O) groups is 3. The molecule has 0 radical (unpaired) electrons. The summed E-state index contributed by atoms with van der Waals surface area (Å²) in [5, 5.41) is 15.3. The number of aliphatic hydroxyl groups is 1. The number of nitrogens with one attached hydrogen (secondary N) is 2. The number of carbonyl (C=O) groups excluding carboxylic acids is 3. The minimum atomic E-state index is -1.05. The molecule has 41 heavy (non-hydrogen) atoms. The minimum Gasteiger partial charge on any atom is -0.494 e. The van der Waals surface area contributed by atoms with Crippen LogP contribution in [0.15, 0.2) is 24.3 Å². The van der Waals surface area contributed by atoms with E-state index >= 15 is 0 Å². The van der Waals surface area contributed by atoms with Gasteiger partial charge in [-0.05, 0) is 70.2 Å². The van der Waals surface area contributed by atoms with E-state index in [0.717, 1.165) is 19.5 Å². The van der Waals surface area contributed by atoms with Gasteiger partial charge in [0.2, 0.25) is 17.7 Å². The maximum absolute atomic E-state index is 14.1. The van der Waals surface area contributed by atoms with Gasteiger partial charge in [0.05, 0.1) is 37.3 Å². The number of hydrogen-bond donors (Lipinski definition) is 3. The van der Waals surface area contributed by atoms with Gasteiger partial charge in [-0.2, -0.15) is 0 Å². The van der Waals surface area contributed by atoms with Gasteiger partial charge in [-0.1, -0.05) is 0 Å². The molecule has 4 saturated heterocycles. The Morgan fingerprint density at radius 2 is 1.83 bits per heavy atom. The number of morpholine rings is 1. The first-order chi connectivity index (χ1) is 19.8. The number of benzene rings is 1. The van der Waals surface area contributed by atoms with Crippen molar-refractivity contribution in [3.63, 3.8) is 0 Å². The molecule has 5 rings (SSSR count). The van der Waals surface area contributed by atoms with Crippen LogP contribution in [-0.2, 0) is 23.9 Å². The van der Waals surface area contributed by atoms with Crippen molar-refractivity contribution in [2.24, 2.45) is 11.8 Å². The standard InChI is InChI=1S/C30H44N4O7/c1-3-40-22-9-7-21(8-10-22)32-26(36)23-24-28(38)34(14-5-4-6-18-35)25(30(24)12-11-29(23,2)41-30)27(37)31-13-15-33-16-19-39-20-17-33/h7-10,23-25,35H,3-6,11-20H2,1-2H3,(H,31,37)(H,32,36)/t23-,24+,25?,29+,30?/m1/s1. The second-order valence-corrected chi connectivity index (χ2v) is 11.7. The normalized spacial score (nSPS) is 30.9. The molecule has 226 valence electrons. The van der Waals surface area contributed by atoms with Crippen LogP contribution in [0.2, 0.25) is 0 Å². The zero-order valence-corrected chi connectivity index (χ0v) is 24.2. The summed E-state index contributed by atoms with van der Waals surface area (Å²) in [7, 11) is 0. The molecule has 11 heteroatoms. The van der Waals surface area contributed by atoms with Crippen molar-refractivity contribution < 1.29 is 33.7 Å². The zero-order valence-electron chi connectivity index (χ0n) is 24.2.